The van der Waals surface area contributed by atoms with Crippen LogP contribution < -0.4 is 0 Å². The maximum atomic E-state index is 11.2. The number of aldehydes is 1. The summed E-state index contributed by atoms with van der Waals surface area (Å²) in [6.45, 7) is 10.9. The number of hydrogen-bond donors (Lipinski definition) is 0. The highest BCUT2D eigenvalue weighted by Gasteiger charge is 2.38. The molecule has 0 fully saturated rings. The SMILES string of the molecule is COC(=O)CCCCCCCC(C=O)O[Si](C)(C)C(C)(C)C. The van der Waals surface area contributed by atoms with E-state index in [9.17, 15) is 9.59 Å². The lowest BCUT2D eigenvalue weighted by molar-refractivity contribution is -0.140. The molecule has 0 radical (unpaired) electrons. The van der Waals surface area contributed by atoms with Crippen LogP contribution >= 0.6 is 0 Å². The van der Waals surface area contributed by atoms with Crippen molar-refractivity contribution in [2.75, 3.05) is 7.11 Å². The first-order chi connectivity index (χ1) is 10.1. The minimum atomic E-state index is -1.87. The van der Waals surface area contributed by atoms with Crippen molar-refractivity contribution >= 4 is 20.6 Å². The van der Waals surface area contributed by atoms with Gasteiger partial charge in [-0.1, -0.05) is 46.5 Å². The zero-order valence-electron chi connectivity index (χ0n) is 15.2. The Kier molecular flexibility index (Phi) is 9.84. The van der Waals surface area contributed by atoms with Crippen molar-refractivity contribution in [2.24, 2.45) is 0 Å². The molecule has 5 heteroatoms. The topological polar surface area (TPSA) is 52.6 Å². The van der Waals surface area contributed by atoms with E-state index in [1.54, 1.807) is 0 Å². The summed E-state index contributed by atoms with van der Waals surface area (Å²) in [5.74, 6) is -0.135. The molecule has 0 aliphatic rings. The summed E-state index contributed by atoms with van der Waals surface area (Å²) in [7, 11) is -0.449. The maximum Gasteiger partial charge on any atom is 0.305 e. The second-order valence-corrected chi connectivity index (χ2v) is 12.2. The number of esters is 1. The minimum Gasteiger partial charge on any atom is -0.469 e. The number of methoxy groups -OCH3 is 1. The summed E-state index contributed by atoms with van der Waals surface area (Å²) in [5, 5.41) is 0.127. The summed E-state index contributed by atoms with van der Waals surface area (Å²) in [6.07, 6.45) is 7.06. The molecule has 0 aromatic carbocycles. The average Bonchev–Trinajstić information content (AvgIpc) is 2.43. The fourth-order valence-electron chi connectivity index (χ4n) is 1.96. The van der Waals surface area contributed by atoms with Crippen molar-refractivity contribution < 1.29 is 18.8 Å². The zero-order chi connectivity index (χ0) is 17.2. The average molecular weight is 331 g/mol. The molecule has 0 amide bonds. The molecule has 1 atom stereocenters. The van der Waals surface area contributed by atoms with E-state index in [1.807, 2.05) is 0 Å². The molecular formula is C17H34O4Si. The van der Waals surface area contributed by atoms with Gasteiger partial charge in [-0.25, -0.2) is 0 Å². The van der Waals surface area contributed by atoms with Crippen LogP contribution in [-0.2, 0) is 18.8 Å². The van der Waals surface area contributed by atoms with Gasteiger partial charge in [0.05, 0.1) is 7.11 Å². The van der Waals surface area contributed by atoms with Crippen LogP contribution in [0.1, 0.15) is 65.7 Å². The highest BCUT2D eigenvalue weighted by molar-refractivity contribution is 6.74. The molecule has 0 aromatic heterocycles. The van der Waals surface area contributed by atoms with E-state index in [-0.39, 0.29) is 17.1 Å². The van der Waals surface area contributed by atoms with Crippen LogP contribution in [0.3, 0.4) is 0 Å². The van der Waals surface area contributed by atoms with Crippen molar-refractivity contribution in [2.45, 2.75) is 90.0 Å². The van der Waals surface area contributed by atoms with E-state index < -0.39 is 8.32 Å². The molecule has 4 nitrogen and oxygen atoms in total. The van der Waals surface area contributed by atoms with E-state index in [2.05, 4.69) is 38.6 Å². The van der Waals surface area contributed by atoms with Crippen molar-refractivity contribution in [3.63, 3.8) is 0 Å². The van der Waals surface area contributed by atoms with Gasteiger partial charge >= 0.3 is 5.97 Å². The Morgan fingerprint density at radius 1 is 1.09 bits per heavy atom. The molecule has 0 spiro atoms. The summed E-state index contributed by atoms with van der Waals surface area (Å²) < 4.78 is 10.7. The molecule has 0 saturated heterocycles. The Bertz CT molecular complexity index is 334. The van der Waals surface area contributed by atoms with Crippen LogP contribution in [0.25, 0.3) is 0 Å². The van der Waals surface area contributed by atoms with Gasteiger partial charge in [-0.3, -0.25) is 4.79 Å². The summed E-state index contributed by atoms with van der Waals surface area (Å²) in [5.41, 5.74) is 0. The monoisotopic (exact) mass is 330 g/mol. The lowest BCUT2D eigenvalue weighted by atomic mass is 10.1. The molecule has 0 aliphatic heterocycles. The third kappa shape index (κ3) is 8.69. The highest BCUT2D eigenvalue weighted by atomic mass is 28.4. The van der Waals surface area contributed by atoms with E-state index >= 15 is 0 Å². The summed E-state index contributed by atoms with van der Waals surface area (Å²) in [4.78, 5) is 22.2. The lowest BCUT2D eigenvalue weighted by Crippen LogP contribution is -2.44. The molecule has 0 N–H and O–H groups in total. The van der Waals surface area contributed by atoms with Gasteiger partial charge in [-0.2, -0.15) is 0 Å². The van der Waals surface area contributed by atoms with Crippen LogP contribution in [0.5, 0.6) is 0 Å². The second-order valence-electron chi connectivity index (χ2n) is 7.44. The van der Waals surface area contributed by atoms with Gasteiger partial charge in [-0.15, -0.1) is 0 Å². The van der Waals surface area contributed by atoms with Gasteiger partial charge in [0.25, 0.3) is 0 Å². The highest BCUT2D eigenvalue weighted by Crippen LogP contribution is 2.37. The molecule has 22 heavy (non-hydrogen) atoms. The van der Waals surface area contributed by atoms with Crippen LogP contribution in [0.2, 0.25) is 18.1 Å². The Balaban J connectivity index is 3.88. The van der Waals surface area contributed by atoms with E-state index in [0.29, 0.717) is 6.42 Å². The second kappa shape index (κ2) is 10.2. The van der Waals surface area contributed by atoms with Gasteiger partial charge in [0.1, 0.15) is 12.4 Å². The molecule has 0 saturated carbocycles. The van der Waals surface area contributed by atoms with Gasteiger partial charge in [0.2, 0.25) is 0 Å². The quantitative estimate of drug-likeness (QED) is 0.242. The molecule has 1 unspecified atom stereocenters. The first-order valence-electron chi connectivity index (χ1n) is 8.34. The van der Waals surface area contributed by atoms with E-state index in [0.717, 1.165) is 44.8 Å². The Morgan fingerprint density at radius 3 is 2.14 bits per heavy atom. The molecule has 130 valence electrons. The number of rotatable bonds is 11. The number of ether oxygens (including phenoxy) is 1. The van der Waals surface area contributed by atoms with Gasteiger partial charge < -0.3 is 14.0 Å². The third-order valence-electron chi connectivity index (χ3n) is 4.50. The van der Waals surface area contributed by atoms with Crippen molar-refractivity contribution in [3.05, 3.63) is 0 Å². The number of unbranched alkanes of at least 4 members (excludes halogenated alkanes) is 4. The summed E-state index contributed by atoms with van der Waals surface area (Å²) >= 11 is 0. The molecule has 0 bridgehead atoms. The van der Waals surface area contributed by atoms with Crippen LogP contribution in [0.4, 0.5) is 0 Å². The number of hydrogen-bond acceptors (Lipinski definition) is 4. The largest absolute Gasteiger partial charge is 0.469 e. The normalized spacial score (nSPS) is 13.7. The lowest BCUT2D eigenvalue weighted by Gasteiger charge is -2.38. The smallest absolute Gasteiger partial charge is 0.305 e. The number of carbonyl (C=O) groups excluding carboxylic acids is 2. The Labute approximate surface area is 137 Å². The Hall–Kier alpha value is -0.683. The van der Waals surface area contributed by atoms with Crippen molar-refractivity contribution in [1.82, 2.24) is 0 Å². The predicted molar refractivity (Wildman–Crippen MR) is 92.5 cm³/mol. The molecule has 0 aliphatic carbocycles. The Morgan fingerprint density at radius 2 is 1.64 bits per heavy atom. The van der Waals surface area contributed by atoms with Crippen molar-refractivity contribution in [1.29, 1.82) is 0 Å². The summed E-state index contributed by atoms with van der Waals surface area (Å²) in [6, 6.07) is 0. The van der Waals surface area contributed by atoms with E-state index in [1.165, 1.54) is 7.11 Å². The van der Waals surface area contributed by atoms with E-state index in [4.69, 9.17) is 4.43 Å². The first kappa shape index (κ1) is 21.3. The van der Waals surface area contributed by atoms with Gasteiger partial charge in [-0.05, 0) is 31.0 Å². The number of carbonyl (C=O) groups is 2. The van der Waals surface area contributed by atoms with Crippen LogP contribution in [0.15, 0.2) is 0 Å². The maximum absolute atomic E-state index is 11.2. The fraction of sp³-hybridized carbons (Fsp3) is 0.882. The standard InChI is InChI=1S/C17H34O4Si/c1-17(2,3)22(5,6)21-15(14-18)12-10-8-7-9-11-13-16(19)20-4/h14-15H,7-13H2,1-6H3. The van der Waals surface area contributed by atoms with Crippen LogP contribution in [-0.4, -0.2) is 33.8 Å². The minimum absolute atomic E-state index is 0.127. The molecule has 0 aromatic rings. The fourth-order valence-corrected chi connectivity index (χ4v) is 3.24. The van der Waals surface area contributed by atoms with Gasteiger partial charge in [0.15, 0.2) is 8.32 Å². The molecule has 0 heterocycles. The zero-order valence-corrected chi connectivity index (χ0v) is 16.2. The van der Waals surface area contributed by atoms with Crippen LogP contribution in [0, 0.1) is 0 Å². The predicted octanol–water partition coefficient (Wildman–Crippen LogP) is 4.48. The van der Waals surface area contributed by atoms with Gasteiger partial charge in [0, 0.05) is 6.42 Å². The first-order valence-corrected chi connectivity index (χ1v) is 11.2. The molecule has 0 rings (SSSR count). The third-order valence-corrected chi connectivity index (χ3v) is 9.01. The van der Waals surface area contributed by atoms with Crippen molar-refractivity contribution in [3.8, 4) is 0 Å². The molecular weight excluding hydrogens is 296 g/mol.